The van der Waals surface area contributed by atoms with Gasteiger partial charge in [0.25, 0.3) is 6.43 Å². The van der Waals surface area contributed by atoms with Crippen LogP contribution in [0.4, 0.5) is 13.9 Å². The smallest absolute Gasteiger partial charge is 0.291 e. The zero-order chi connectivity index (χ0) is 16.9. The van der Waals surface area contributed by atoms with Gasteiger partial charge in [-0.1, -0.05) is 16.5 Å². The highest BCUT2D eigenvalue weighted by atomic mass is 32.1. The molecule has 3 aromatic rings. The van der Waals surface area contributed by atoms with E-state index in [9.17, 15) is 13.6 Å². The summed E-state index contributed by atoms with van der Waals surface area (Å²) in [5.74, 6) is 0.289. The number of carbonyl (C=O) groups excluding carboxylic acids is 1. The van der Waals surface area contributed by atoms with Crippen LogP contribution in [0.15, 0.2) is 29.0 Å². The second-order valence-electron chi connectivity index (χ2n) is 4.54. The molecule has 0 unspecified atom stereocenters. The maximum Gasteiger partial charge on any atom is 0.291 e. The number of hydrogen-bond donors (Lipinski definition) is 1. The molecule has 3 aromatic heterocycles. The normalized spacial score (nSPS) is 11.0. The van der Waals surface area contributed by atoms with E-state index in [-0.39, 0.29) is 18.0 Å². The van der Waals surface area contributed by atoms with Crippen LogP contribution in [0.3, 0.4) is 0 Å². The fraction of sp³-hybridized carbons (Fsp3) is 0.231. The largest absolute Gasteiger partial charge is 0.339 e. The number of alkyl halides is 2. The van der Waals surface area contributed by atoms with Gasteiger partial charge in [0.05, 0.1) is 0 Å². The SMILES string of the molecule is O=C(CCc1nc(-c2ccncc2)no1)Nc1nnc(C(F)F)s1. The number of aryl methyl sites for hydroxylation is 1. The molecule has 11 heteroatoms. The summed E-state index contributed by atoms with van der Waals surface area (Å²) in [7, 11) is 0. The van der Waals surface area contributed by atoms with Crippen molar-refractivity contribution >= 4 is 22.4 Å². The maximum atomic E-state index is 12.4. The first kappa shape index (κ1) is 16.1. The number of nitrogens with one attached hydrogen (secondary N) is 1. The first-order valence-corrected chi connectivity index (χ1v) is 7.58. The Labute approximate surface area is 138 Å². The van der Waals surface area contributed by atoms with Gasteiger partial charge in [-0.05, 0) is 12.1 Å². The monoisotopic (exact) mass is 352 g/mol. The van der Waals surface area contributed by atoms with Gasteiger partial charge in [-0.2, -0.15) is 4.98 Å². The minimum absolute atomic E-state index is 0.0262. The summed E-state index contributed by atoms with van der Waals surface area (Å²) in [6.45, 7) is 0. The number of pyridine rings is 1. The van der Waals surface area contributed by atoms with Crippen LogP contribution in [0.5, 0.6) is 0 Å². The lowest BCUT2D eigenvalue weighted by Crippen LogP contribution is -2.12. The van der Waals surface area contributed by atoms with Gasteiger partial charge < -0.3 is 9.84 Å². The number of anilines is 1. The Kier molecular flexibility index (Phi) is 4.79. The van der Waals surface area contributed by atoms with Crippen molar-refractivity contribution in [2.45, 2.75) is 19.3 Å². The van der Waals surface area contributed by atoms with Gasteiger partial charge in [0.15, 0.2) is 5.01 Å². The summed E-state index contributed by atoms with van der Waals surface area (Å²) < 4.78 is 29.9. The molecule has 0 aliphatic heterocycles. The molecule has 124 valence electrons. The number of aromatic nitrogens is 5. The summed E-state index contributed by atoms with van der Waals surface area (Å²) in [5, 5.41) is 12.6. The van der Waals surface area contributed by atoms with Crippen molar-refractivity contribution in [1.29, 1.82) is 0 Å². The van der Waals surface area contributed by atoms with Gasteiger partial charge in [0.1, 0.15) is 0 Å². The number of nitrogens with zero attached hydrogens (tertiary/aromatic N) is 5. The summed E-state index contributed by atoms with van der Waals surface area (Å²) in [6, 6.07) is 3.47. The predicted octanol–water partition coefficient (Wildman–Crippen LogP) is 2.49. The van der Waals surface area contributed by atoms with Crippen LogP contribution in [-0.4, -0.2) is 31.2 Å². The number of carbonyl (C=O) groups is 1. The molecular formula is C13H10F2N6O2S. The van der Waals surface area contributed by atoms with Gasteiger partial charge in [-0.15, -0.1) is 10.2 Å². The zero-order valence-corrected chi connectivity index (χ0v) is 12.8. The average molecular weight is 352 g/mol. The van der Waals surface area contributed by atoms with E-state index < -0.39 is 17.3 Å². The lowest BCUT2D eigenvalue weighted by Gasteiger charge is -1.98. The van der Waals surface area contributed by atoms with Crippen molar-refractivity contribution in [1.82, 2.24) is 25.3 Å². The Bertz CT molecular complexity index is 823. The number of halogens is 2. The van der Waals surface area contributed by atoms with Crippen molar-refractivity contribution in [3.05, 3.63) is 35.4 Å². The van der Waals surface area contributed by atoms with Crippen LogP contribution < -0.4 is 5.32 Å². The van der Waals surface area contributed by atoms with Gasteiger partial charge in [-0.3, -0.25) is 9.78 Å². The quantitative estimate of drug-likeness (QED) is 0.726. The van der Waals surface area contributed by atoms with E-state index in [2.05, 4.69) is 30.6 Å². The highest BCUT2D eigenvalue weighted by Crippen LogP contribution is 2.25. The van der Waals surface area contributed by atoms with Gasteiger partial charge >= 0.3 is 0 Å². The third-order valence-corrected chi connectivity index (χ3v) is 3.69. The van der Waals surface area contributed by atoms with Gasteiger partial charge in [0.2, 0.25) is 22.8 Å². The molecule has 0 saturated heterocycles. The fourth-order valence-corrected chi connectivity index (χ4v) is 2.37. The van der Waals surface area contributed by atoms with E-state index in [0.717, 1.165) is 5.56 Å². The number of hydrogen-bond acceptors (Lipinski definition) is 8. The fourth-order valence-electron chi connectivity index (χ4n) is 1.75. The molecule has 0 atom stereocenters. The lowest BCUT2D eigenvalue weighted by atomic mass is 10.2. The van der Waals surface area contributed by atoms with Crippen LogP contribution >= 0.6 is 11.3 Å². The summed E-state index contributed by atoms with van der Waals surface area (Å²) >= 11 is 0.631. The first-order valence-electron chi connectivity index (χ1n) is 6.76. The lowest BCUT2D eigenvalue weighted by molar-refractivity contribution is -0.116. The van der Waals surface area contributed by atoms with Crippen molar-refractivity contribution in [2.24, 2.45) is 0 Å². The number of amides is 1. The van der Waals surface area contributed by atoms with Gasteiger partial charge in [-0.25, -0.2) is 8.78 Å². The molecule has 0 aliphatic rings. The second-order valence-corrected chi connectivity index (χ2v) is 5.55. The molecule has 0 fully saturated rings. The van der Waals surface area contributed by atoms with Crippen molar-refractivity contribution < 1.29 is 18.1 Å². The van der Waals surface area contributed by atoms with Crippen LogP contribution in [0.2, 0.25) is 0 Å². The van der Waals surface area contributed by atoms with E-state index in [1.165, 1.54) is 0 Å². The molecule has 8 nitrogen and oxygen atoms in total. The van der Waals surface area contributed by atoms with Crippen LogP contribution in [0, 0.1) is 0 Å². The molecule has 0 aliphatic carbocycles. The van der Waals surface area contributed by atoms with Crippen molar-refractivity contribution in [2.75, 3.05) is 5.32 Å². The Morgan fingerprint density at radius 3 is 2.79 bits per heavy atom. The van der Waals surface area contributed by atoms with E-state index in [1.807, 2.05) is 0 Å². The predicted molar refractivity (Wildman–Crippen MR) is 79.3 cm³/mol. The summed E-state index contributed by atoms with van der Waals surface area (Å²) in [6.07, 6.45) is 0.757. The third kappa shape index (κ3) is 3.93. The Balaban J connectivity index is 1.54. The van der Waals surface area contributed by atoms with E-state index in [0.29, 0.717) is 23.1 Å². The highest BCUT2D eigenvalue weighted by molar-refractivity contribution is 7.15. The molecule has 0 saturated carbocycles. The maximum absolute atomic E-state index is 12.4. The minimum atomic E-state index is -2.71. The van der Waals surface area contributed by atoms with Crippen molar-refractivity contribution in [3.8, 4) is 11.4 Å². The van der Waals surface area contributed by atoms with E-state index in [4.69, 9.17) is 4.52 Å². The Morgan fingerprint density at radius 2 is 2.08 bits per heavy atom. The molecule has 3 heterocycles. The molecular weight excluding hydrogens is 342 g/mol. The van der Waals surface area contributed by atoms with E-state index in [1.54, 1.807) is 24.5 Å². The highest BCUT2D eigenvalue weighted by Gasteiger charge is 2.16. The average Bonchev–Trinajstić information content (AvgIpc) is 3.23. The second kappa shape index (κ2) is 7.17. The van der Waals surface area contributed by atoms with Crippen LogP contribution in [0.1, 0.15) is 23.7 Å². The number of rotatable bonds is 6. The van der Waals surface area contributed by atoms with Gasteiger partial charge in [0, 0.05) is 30.8 Å². The molecule has 0 radical (unpaired) electrons. The van der Waals surface area contributed by atoms with E-state index >= 15 is 0 Å². The molecule has 0 aromatic carbocycles. The molecule has 3 rings (SSSR count). The minimum Gasteiger partial charge on any atom is -0.339 e. The molecule has 0 bridgehead atoms. The molecule has 1 N–H and O–H groups in total. The summed E-state index contributed by atoms with van der Waals surface area (Å²) in [5.41, 5.74) is 0.748. The standard InChI is InChI=1S/C13H10F2N6O2S/c14-10(15)12-19-20-13(24-12)17-8(22)1-2-9-18-11(21-23-9)7-3-5-16-6-4-7/h3-6,10H,1-2H2,(H,17,20,22). The topological polar surface area (TPSA) is 107 Å². The molecule has 1 amide bonds. The molecule has 24 heavy (non-hydrogen) atoms. The van der Waals surface area contributed by atoms with Crippen LogP contribution in [0.25, 0.3) is 11.4 Å². The first-order chi connectivity index (χ1) is 11.6. The zero-order valence-electron chi connectivity index (χ0n) is 12.0. The summed E-state index contributed by atoms with van der Waals surface area (Å²) in [4.78, 5) is 19.9. The Hall–Kier alpha value is -2.82. The van der Waals surface area contributed by atoms with Crippen LogP contribution in [-0.2, 0) is 11.2 Å². The molecule has 0 spiro atoms. The Morgan fingerprint density at radius 1 is 1.29 bits per heavy atom. The third-order valence-electron chi connectivity index (χ3n) is 2.85. The van der Waals surface area contributed by atoms with Crippen molar-refractivity contribution in [3.63, 3.8) is 0 Å².